The first-order valence-corrected chi connectivity index (χ1v) is 3.37. The summed E-state index contributed by atoms with van der Waals surface area (Å²) < 4.78 is 8.49. The zero-order chi connectivity index (χ0) is 10.4. The van der Waals surface area contributed by atoms with Crippen molar-refractivity contribution < 1.29 is 24.2 Å². The molecule has 0 heterocycles. The lowest BCUT2D eigenvalue weighted by Gasteiger charge is -2.04. The summed E-state index contributed by atoms with van der Waals surface area (Å²) in [6, 6.07) is 0. The van der Waals surface area contributed by atoms with Crippen LogP contribution < -0.4 is 5.73 Å². The second kappa shape index (κ2) is 5.15. The standard InChI is InChI=1S/C7H11NO5/c1-12-6(10)5(4(9)3-8)7(11)13-2/h9H,3,8H2,1-2H3. The maximum absolute atomic E-state index is 10.9. The third kappa shape index (κ3) is 2.75. The maximum Gasteiger partial charge on any atom is 0.348 e. The van der Waals surface area contributed by atoms with E-state index in [1.165, 1.54) is 0 Å². The fourth-order valence-corrected chi connectivity index (χ4v) is 0.625. The Bertz CT molecular complexity index is 227. The van der Waals surface area contributed by atoms with Crippen LogP contribution in [0.5, 0.6) is 0 Å². The van der Waals surface area contributed by atoms with Crippen LogP contribution in [0.15, 0.2) is 11.3 Å². The van der Waals surface area contributed by atoms with Crippen LogP contribution in [0.4, 0.5) is 0 Å². The van der Waals surface area contributed by atoms with Gasteiger partial charge in [0.2, 0.25) is 0 Å². The number of ether oxygens (including phenoxy) is 2. The Balaban J connectivity index is 4.97. The molecule has 6 heteroatoms. The van der Waals surface area contributed by atoms with Crippen molar-refractivity contribution in [2.75, 3.05) is 20.8 Å². The molecular weight excluding hydrogens is 178 g/mol. The normalized spacial score (nSPS) is 8.85. The van der Waals surface area contributed by atoms with Gasteiger partial charge in [0.05, 0.1) is 20.8 Å². The minimum atomic E-state index is -0.977. The van der Waals surface area contributed by atoms with Gasteiger partial charge in [0.15, 0.2) is 5.57 Å². The summed E-state index contributed by atoms with van der Waals surface area (Å²) in [6.07, 6.45) is 0. The summed E-state index contributed by atoms with van der Waals surface area (Å²) in [5.41, 5.74) is 4.46. The van der Waals surface area contributed by atoms with E-state index in [2.05, 4.69) is 9.47 Å². The molecule has 6 nitrogen and oxygen atoms in total. The van der Waals surface area contributed by atoms with Crippen LogP contribution in [0.1, 0.15) is 0 Å². The van der Waals surface area contributed by atoms with Gasteiger partial charge < -0.3 is 20.3 Å². The van der Waals surface area contributed by atoms with E-state index < -0.39 is 23.3 Å². The van der Waals surface area contributed by atoms with Gasteiger partial charge in [-0.1, -0.05) is 0 Å². The van der Waals surface area contributed by atoms with Gasteiger partial charge in [-0.25, -0.2) is 9.59 Å². The number of esters is 2. The Kier molecular flexibility index (Phi) is 4.53. The second-order valence-electron chi connectivity index (χ2n) is 2.01. The van der Waals surface area contributed by atoms with E-state index in [1.807, 2.05) is 0 Å². The third-order valence-electron chi connectivity index (χ3n) is 1.26. The van der Waals surface area contributed by atoms with Crippen molar-refractivity contribution in [2.24, 2.45) is 5.73 Å². The number of methoxy groups -OCH3 is 2. The van der Waals surface area contributed by atoms with Gasteiger partial charge >= 0.3 is 11.9 Å². The van der Waals surface area contributed by atoms with Crippen molar-refractivity contribution >= 4 is 11.9 Å². The summed E-state index contributed by atoms with van der Waals surface area (Å²) >= 11 is 0. The van der Waals surface area contributed by atoms with Gasteiger partial charge in [-0.05, 0) is 0 Å². The molecule has 0 bridgehead atoms. The monoisotopic (exact) mass is 189 g/mol. The Hall–Kier alpha value is -1.56. The first-order valence-electron chi connectivity index (χ1n) is 3.37. The molecule has 0 aromatic heterocycles. The Morgan fingerprint density at radius 3 is 1.85 bits per heavy atom. The fraction of sp³-hybridized carbons (Fsp3) is 0.429. The molecule has 0 aromatic carbocycles. The molecule has 3 N–H and O–H groups in total. The predicted molar refractivity (Wildman–Crippen MR) is 42.7 cm³/mol. The van der Waals surface area contributed by atoms with Gasteiger partial charge in [0.1, 0.15) is 5.76 Å². The van der Waals surface area contributed by atoms with Crippen LogP contribution in [0.2, 0.25) is 0 Å². The molecule has 0 amide bonds. The van der Waals surface area contributed by atoms with Gasteiger partial charge in [-0.2, -0.15) is 0 Å². The van der Waals surface area contributed by atoms with E-state index in [0.717, 1.165) is 14.2 Å². The molecule has 0 aliphatic carbocycles. The highest BCUT2D eigenvalue weighted by Gasteiger charge is 2.24. The van der Waals surface area contributed by atoms with E-state index >= 15 is 0 Å². The van der Waals surface area contributed by atoms with Crippen LogP contribution in [-0.4, -0.2) is 37.8 Å². The third-order valence-corrected chi connectivity index (χ3v) is 1.26. The maximum atomic E-state index is 10.9. The first kappa shape index (κ1) is 11.4. The highest BCUT2D eigenvalue weighted by atomic mass is 16.5. The quantitative estimate of drug-likeness (QED) is 0.196. The number of aliphatic hydroxyl groups is 1. The number of rotatable bonds is 3. The summed E-state index contributed by atoms with van der Waals surface area (Å²) in [6.45, 7) is -0.334. The van der Waals surface area contributed by atoms with Gasteiger partial charge in [-0.15, -0.1) is 0 Å². The average molecular weight is 189 g/mol. The molecule has 0 saturated heterocycles. The molecule has 0 atom stereocenters. The summed E-state index contributed by atoms with van der Waals surface area (Å²) in [4.78, 5) is 21.8. The van der Waals surface area contributed by atoms with E-state index in [1.54, 1.807) is 0 Å². The fourth-order valence-electron chi connectivity index (χ4n) is 0.625. The second-order valence-corrected chi connectivity index (χ2v) is 2.01. The van der Waals surface area contributed by atoms with Gasteiger partial charge in [0.25, 0.3) is 0 Å². The molecule has 0 fully saturated rings. The van der Waals surface area contributed by atoms with Crippen molar-refractivity contribution in [3.05, 3.63) is 11.3 Å². The van der Waals surface area contributed by atoms with Crippen LogP contribution in [0.3, 0.4) is 0 Å². The number of aliphatic hydroxyl groups excluding tert-OH is 1. The smallest absolute Gasteiger partial charge is 0.348 e. The van der Waals surface area contributed by atoms with Gasteiger partial charge in [0, 0.05) is 0 Å². The highest BCUT2D eigenvalue weighted by Crippen LogP contribution is 2.04. The van der Waals surface area contributed by atoms with Crippen molar-refractivity contribution in [3.8, 4) is 0 Å². The van der Waals surface area contributed by atoms with E-state index in [9.17, 15) is 9.59 Å². The lowest BCUT2D eigenvalue weighted by molar-refractivity contribution is -0.144. The molecule has 0 rings (SSSR count). The number of nitrogens with two attached hydrogens (primary N) is 1. The zero-order valence-corrected chi connectivity index (χ0v) is 7.36. The largest absolute Gasteiger partial charge is 0.510 e. The molecule has 0 saturated carbocycles. The number of hydrogen-bond donors (Lipinski definition) is 2. The lowest BCUT2D eigenvalue weighted by Crippen LogP contribution is -2.21. The number of hydrogen-bond acceptors (Lipinski definition) is 6. The Labute approximate surface area is 74.9 Å². The molecule has 0 radical (unpaired) electrons. The molecule has 0 unspecified atom stereocenters. The number of carbonyl (C=O) groups excluding carboxylic acids is 2. The minimum Gasteiger partial charge on any atom is -0.510 e. The Morgan fingerprint density at radius 2 is 1.62 bits per heavy atom. The van der Waals surface area contributed by atoms with Crippen molar-refractivity contribution in [2.45, 2.75) is 0 Å². The lowest BCUT2D eigenvalue weighted by atomic mass is 10.2. The zero-order valence-electron chi connectivity index (χ0n) is 7.36. The summed E-state index contributed by atoms with van der Waals surface area (Å²) in [5.74, 6) is -2.51. The van der Waals surface area contributed by atoms with Gasteiger partial charge in [-0.3, -0.25) is 0 Å². The molecule has 0 aliphatic heterocycles. The minimum absolute atomic E-state index is 0.334. The number of carbonyl (C=O) groups is 2. The molecule has 0 spiro atoms. The molecule has 0 aromatic rings. The van der Waals surface area contributed by atoms with Crippen molar-refractivity contribution in [1.29, 1.82) is 0 Å². The topological polar surface area (TPSA) is 98.9 Å². The average Bonchev–Trinajstić information content (AvgIpc) is 2.16. The van der Waals surface area contributed by atoms with Crippen LogP contribution >= 0.6 is 0 Å². The van der Waals surface area contributed by atoms with Crippen molar-refractivity contribution in [1.82, 2.24) is 0 Å². The van der Waals surface area contributed by atoms with E-state index in [0.29, 0.717) is 0 Å². The first-order chi connectivity index (χ1) is 6.08. The Morgan fingerprint density at radius 1 is 1.23 bits per heavy atom. The van der Waals surface area contributed by atoms with E-state index in [4.69, 9.17) is 10.8 Å². The predicted octanol–water partition coefficient (Wildman–Crippen LogP) is -0.897. The van der Waals surface area contributed by atoms with E-state index in [-0.39, 0.29) is 6.54 Å². The van der Waals surface area contributed by atoms with Crippen LogP contribution in [0, 0.1) is 0 Å². The highest BCUT2D eigenvalue weighted by molar-refractivity contribution is 6.14. The summed E-state index contributed by atoms with van der Waals surface area (Å²) in [5, 5.41) is 9.07. The molecule has 13 heavy (non-hydrogen) atoms. The molecule has 74 valence electrons. The van der Waals surface area contributed by atoms with Crippen molar-refractivity contribution in [3.63, 3.8) is 0 Å². The van der Waals surface area contributed by atoms with Crippen LogP contribution in [-0.2, 0) is 19.1 Å². The summed E-state index contributed by atoms with van der Waals surface area (Å²) in [7, 11) is 2.16. The van der Waals surface area contributed by atoms with Crippen LogP contribution in [0.25, 0.3) is 0 Å². The molecule has 0 aliphatic rings. The SMILES string of the molecule is COC(=O)C(C(=O)OC)=C(O)CN. The molecular formula is C7H11NO5.